The van der Waals surface area contributed by atoms with Crippen LogP contribution in [0.1, 0.15) is 16.7 Å². The summed E-state index contributed by atoms with van der Waals surface area (Å²) in [5, 5.41) is 10.0. The lowest BCUT2D eigenvalue weighted by Crippen LogP contribution is -2.47. The molecule has 148 valence electrons. The first-order valence-electron chi connectivity index (χ1n) is 9.60. The molecule has 2 aromatic heterocycles. The molecule has 7 heteroatoms. The topological polar surface area (TPSA) is 65.2 Å². The third kappa shape index (κ3) is 3.59. The number of halogens is 1. The van der Waals surface area contributed by atoms with Crippen molar-refractivity contribution in [1.29, 1.82) is 5.26 Å². The molecule has 0 saturated carbocycles. The zero-order valence-corrected chi connectivity index (χ0v) is 17.3. The standard InChI is InChI=1S/C22H22ClN5O/c1-15-5-3-4-6-16(15)14-27-9-11-28(12-10-27)21-17(13-24)22(29)26(2)18-7-8-19(23)25-20(18)21/h3-8H,9-12,14H2,1-2H3. The fraction of sp³-hybridized carbons (Fsp3) is 0.318. The summed E-state index contributed by atoms with van der Waals surface area (Å²) >= 11 is 6.14. The Morgan fingerprint density at radius 3 is 2.55 bits per heavy atom. The van der Waals surface area contributed by atoms with Crippen molar-refractivity contribution in [2.45, 2.75) is 13.5 Å². The monoisotopic (exact) mass is 407 g/mol. The van der Waals surface area contributed by atoms with Crippen LogP contribution in [-0.2, 0) is 13.6 Å². The zero-order chi connectivity index (χ0) is 20.5. The van der Waals surface area contributed by atoms with E-state index in [1.807, 2.05) is 0 Å². The number of aryl methyl sites for hydroxylation is 2. The predicted octanol–water partition coefficient (Wildman–Crippen LogP) is 3.09. The molecule has 0 spiro atoms. The van der Waals surface area contributed by atoms with Crippen LogP contribution >= 0.6 is 11.6 Å². The summed E-state index contributed by atoms with van der Waals surface area (Å²) in [5.41, 5.74) is 4.32. The third-order valence-corrected chi connectivity index (χ3v) is 5.85. The molecule has 3 heterocycles. The van der Waals surface area contributed by atoms with Gasteiger partial charge >= 0.3 is 0 Å². The molecule has 0 N–H and O–H groups in total. The van der Waals surface area contributed by atoms with Crippen molar-refractivity contribution in [2.24, 2.45) is 7.05 Å². The highest BCUT2D eigenvalue weighted by molar-refractivity contribution is 6.29. The van der Waals surface area contributed by atoms with Gasteiger partial charge in [-0.15, -0.1) is 0 Å². The molecule has 0 aliphatic carbocycles. The number of nitrogens with zero attached hydrogens (tertiary/aromatic N) is 5. The molecule has 1 aliphatic rings. The molecule has 6 nitrogen and oxygen atoms in total. The molecule has 1 fully saturated rings. The first kappa shape index (κ1) is 19.4. The molecule has 0 amide bonds. The second-order valence-electron chi connectivity index (χ2n) is 7.39. The minimum Gasteiger partial charge on any atom is -0.366 e. The van der Waals surface area contributed by atoms with Gasteiger partial charge in [-0.05, 0) is 30.2 Å². The Kier molecular flexibility index (Phi) is 5.27. The van der Waals surface area contributed by atoms with Gasteiger partial charge in [0.25, 0.3) is 5.56 Å². The van der Waals surface area contributed by atoms with Gasteiger partial charge in [-0.25, -0.2) is 4.98 Å². The van der Waals surface area contributed by atoms with Crippen LogP contribution in [0.25, 0.3) is 11.0 Å². The van der Waals surface area contributed by atoms with E-state index >= 15 is 0 Å². The molecule has 1 aromatic carbocycles. The van der Waals surface area contributed by atoms with E-state index in [0.29, 0.717) is 21.9 Å². The highest BCUT2D eigenvalue weighted by Crippen LogP contribution is 2.29. The number of anilines is 1. The van der Waals surface area contributed by atoms with E-state index in [0.717, 1.165) is 32.7 Å². The molecule has 1 aliphatic heterocycles. The van der Waals surface area contributed by atoms with Gasteiger partial charge in [-0.1, -0.05) is 35.9 Å². The van der Waals surface area contributed by atoms with Gasteiger partial charge in [0.05, 0.1) is 11.2 Å². The van der Waals surface area contributed by atoms with Gasteiger partial charge in [0.15, 0.2) is 0 Å². The second-order valence-corrected chi connectivity index (χ2v) is 7.78. The normalized spacial score (nSPS) is 14.9. The second kappa shape index (κ2) is 7.86. The van der Waals surface area contributed by atoms with Crippen LogP contribution in [0.15, 0.2) is 41.2 Å². The summed E-state index contributed by atoms with van der Waals surface area (Å²) < 4.78 is 1.47. The number of fused-ring (bicyclic) bond motifs is 1. The van der Waals surface area contributed by atoms with Crippen molar-refractivity contribution in [2.75, 3.05) is 31.1 Å². The first-order valence-corrected chi connectivity index (χ1v) is 9.98. The maximum Gasteiger partial charge on any atom is 0.270 e. The summed E-state index contributed by atoms with van der Waals surface area (Å²) in [6.45, 7) is 6.15. The minimum absolute atomic E-state index is 0.127. The summed E-state index contributed by atoms with van der Waals surface area (Å²) in [5.74, 6) is 0. The van der Waals surface area contributed by atoms with Crippen LogP contribution in [0.4, 0.5) is 5.69 Å². The summed E-state index contributed by atoms with van der Waals surface area (Å²) in [6.07, 6.45) is 0. The van der Waals surface area contributed by atoms with Crippen molar-refractivity contribution in [3.05, 3.63) is 68.6 Å². The van der Waals surface area contributed by atoms with E-state index < -0.39 is 0 Å². The molecular formula is C22H22ClN5O. The van der Waals surface area contributed by atoms with Crippen LogP contribution in [0.2, 0.25) is 5.15 Å². The van der Waals surface area contributed by atoms with E-state index in [1.54, 1.807) is 19.2 Å². The van der Waals surface area contributed by atoms with Gasteiger partial charge in [0.1, 0.15) is 22.3 Å². The number of rotatable bonds is 3. The fourth-order valence-corrected chi connectivity index (χ4v) is 4.08. The van der Waals surface area contributed by atoms with Crippen LogP contribution in [0.3, 0.4) is 0 Å². The fourth-order valence-electron chi connectivity index (χ4n) is 3.94. The molecule has 1 saturated heterocycles. The van der Waals surface area contributed by atoms with Gasteiger partial charge in [0.2, 0.25) is 0 Å². The number of aromatic nitrogens is 2. The molecule has 3 aromatic rings. The Bertz CT molecular complexity index is 1170. The average Bonchev–Trinajstić information content (AvgIpc) is 2.73. The highest BCUT2D eigenvalue weighted by Gasteiger charge is 2.25. The average molecular weight is 408 g/mol. The molecule has 29 heavy (non-hydrogen) atoms. The zero-order valence-electron chi connectivity index (χ0n) is 16.5. The molecule has 0 radical (unpaired) electrons. The van der Waals surface area contributed by atoms with Crippen LogP contribution in [0.5, 0.6) is 0 Å². The van der Waals surface area contributed by atoms with Crippen molar-refractivity contribution in [3.8, 4) is 6.07 Å². The molecule has 0 atom stereocenters. The minimum atomic E-state index is -0.304. The van der Waals surface area contributed by atoms with Crippen molar-refractivity contribution in [1.82, 2.24) is 14.5 Å². The van der Waals surface area contributed by atoms with Gasteiger partial charge in [-0.3, -0.25) is 9.69 Å². The number of hydrogen-bond donors (Lipinski definition) is 0. The molecule has 4 rings (SSSR count). The Morgan fingerprint density at radius 2 is 1.86 bits per heavy atom. The smallest absolute Gasteiger partial charge is 0.270 e. The van der Waals surface area contributed by atoms with Crippen LogP contribution in [-0.4, -0.2) is 40.6 Å². The maximum atomic E-state index is 12.7. The summed E-state index contributed by atoms with van der Waals surface area (Å²) in [7, 11) is 1.66. The highest BCUT2D eigenvalue weighted by atomic mass is 35.5. The third-order valence-electron chi connectivity index (χ3n) is 5.64. The van der Waals surface area contributed by atoms with E-state index in [9.17, 15) is 10.1 Å². The van der Waals surface area contributed by atoms with Gasteiger partial charge in [-0.2, -0.15) is 5.26 Å². The van der Waals surface area contributed by atoms with E-state index in [-0.39, 0.29) is 11.1 Å². The Hall–Kier alpha value is -2.88. The molecule has 0 unspecified atom stereocenters. The van der Waals surface area contributed by atoms with Crippen molar-refractivity contribution >= 4 is 28.3 Å². The van der Waals surface area contributed by atoms with Gasteiger partial charge < -0.3 is 9.47 Å². The predicted molar refractivity (Wildman–Crippen MR) is 115 cm³/mol. The number of benzene rings is 1. The Morgan fingerprint density at radius 1 is 1.14 bits per heavy atom. The Labute approximate surface area is 174 Å². The van der Waals surface area contributed by atoms with Crippen LogP contribution in [0, 0.1) is 18.3 Å². The van der Waals surface area contributed by atoms with E-state index in [1.165, 1.54) is 15.7 Å². The van der Waals surface area contributed by atoms with Crippen LogP contribution < -0.4 is 10.5 Å². The number of piperazine rings is 1. The Balaban J connectivity index is 1.66. The molecule has 0 bridgehead atoms. The lowest BCUT2D eigenvalue weighted by atomic mass is 10.1. The summed E-state index contributed by atoms with van der Waals surface area (Å²) in [4.78, 5) is 21.7. The van der Waals surface area contributed by atoms with E-state index in [4.69, 9.17) is 11.6 Å². The lowest BCUT2D eigenvalue weighted by molar-refractivity contribution is 0.249. The summed E-state index contributed by atoms with van der Waals surface area (Å²) in [6, 6.07) is 14.0. The SMILES string of the molecule is Cc1ccccc1CN1CCN(c2c(C#N)c(=O)n(C)c3ccc(Cl)nc23)CC1. The van der Waals surface area contributed by atoms with Crippen molar-refractivity contribution < 1.29 is 0 Å². The largest absolute Gasteiger partial charge is 0.366 e. The van der Waals surface area contributed by atoms with Crippen molar-refractivity contribution in [3.63, 3.8) is 0 Å². The van der Waals surface area contributed by atoms with E-state index in [2.05, 4.69) is 52.0 Å². The maximum absolute atomic E-state index is 12.7. The first-order chi connectivity index (χ1) is 14.0. The lowest BCUT2D eigenvalue weighted by Gasteiger charge is -2.37. The quantitative estimate of drug-likeness (QED) is 0.624. The number of nitriles is 1. The number of hydrogen-bond acceptors (Lipinski definition) is 5. The molecular weight excluding hydrogens is 386 g/mol. The number of pyridine rings is 2. The van der Waals surface area contributed by atoms with Gasteiger partial charge in [0, 0.05) is 39.8 Å².